The highest BCUT2D eigenvalue weighted by molar-refractivity contribution is 6.32. The van der Waals surface area contributed by atoms with Crippen LogP contribution in [0.4, 0.5) is 13.2 Å². The van der Waals surface area contributed by atoms with Gasteiger partial charge in [0.05, 0.1) is 27.2 Å². The van der Waals surface area contributed by atoms with E-state index in [-0.39, 0.29) is 22.1 Å². The van der Waals surface area contributed by atoms with Crippen molar-refractivity contribution in [3.05, 3.63) is 47.0 Å². The summed E-state index contributed by atoms with van der Waals surface area (Å²) in [5, 5.41) is 10.0. The fourth-order valence-corrected chi connectivity index (χ4v) is 2.19. The van der Waals surface area contributed by atoms with Crippen molar-refractivity contribution in [1.82, 2.24) is 9.97 Å². The normalized spacial score (nSPS) is 12.0. The van der Waals surface area contributed by atoms with Crippen LogP contribution in [0, 0.1) is 0 Å². The molecular weight excluding hydrogens is 305 g/mol. The minimum absolute atomic E-state index is 0.143. The smallest absolute Gasteiger partial charge is 0.416 e. The van der Waals surface area contributed by atoms with Gasteiger partial charge in [-0.1, -0.05) is 17.7 Å². The number of aromatic nitrogens is 2. The van der Waals surface area contributed by atoms with Crippen LogP contribution in [0.1, 0.15) is 5.56 Å². The van der Waals surface area contributed by atoms with E-state index in [4.69, 9.17) is 11.6 Å². The zero-order valence-corrected chi connectivity index (χ0v) is 11.1. The number of aromatic amines is 1. The van der Waals surface area contributed by atoms with Crippen molar-refractivity contribution in [3.8, 4) is 17.1 Å². The molecule has 3 rings (SSSR count). The van der Waals surface area contributed by atoms with Crippen molar-refractivity contribution in [2.45, 2.75) is 6.18 Å². The lowest BCUT2D eigenvalue weighted by atomic mass is 10.2. The number of H-pyrrole nitrogens is 1. The third kappa shape index (κ3) is 2.42. The van der Waals surface area contributed by atoms with Crippen LogP contribution < -0.4 is 0 Å². The Kier molecular flexibility index (Phi) is 3.06. The van der Waals surface area contributed by atoms with Crippen molar-refractivity contribution in [2.24, 2.45) is 0 Å². The van der Waals surface area contributed by atoms with Gasteiger partial charge in [0.15, 0.2) is 0 Å². The van der Waals surface area contributed by atoms with Crippen molar-refractivity contribution >= 4 is 22.6 Å². The highest BCUT2D eigenvalue weighted by atomic mass is 35.5. The molecular formula is C14H8ClF3N2O. The van der Waals surface area contributed by atoms with Crippen LogP contribution in [0.3, 0.4) is 0 Å². The minimum Gasteiger partial charge on any atom is -0.506 e. The van der Waals surface area contributed by atoms with E-state index in [1.54, 1.807) is 12.1 Å². The number of nitrogens with one attached hydrogen (secondary N) is 1. The zero-order valence-electron chi connectivity index (χ0n) is 10.4. The number of halogens is 4. The first-order chi connectivity index (χ1) is 9.86. The third-order valence-electron chi connectivity index (χ3n) is 3.05. The molecule has 0 aliphatic rings. The number of alkyl halides is 3. The van der Waals surface area contributed by atoms with E-state index in [1.807, 2.05) is 0 Å². The number of benzene rings is 2. The molecule has 0 aliphatic heterocycles. The van der Waals surface area contributed by atoms with E-state index in [1.165, 1.54) is 12.1 Å². The molecule has 0 amide bonds. The molecule has 0 fully saturated rings. The molecule has 0 radical (unpaired) electrons. The van der Waals surface area contributed by atoms with Crippen LogP contribution in [-0.2, 0) is 6.18 Å². The van der Waals surface area contributed by atoms with Crippen LogP contribution in [0.2, 0.25) is 5.02 Å². The lowest BCUT2D eigenvalue weighted by Crippen LogP contribution is -2.04. The van der Waals surface area contributed by atoms with Gasteiger partial charge in [0.25, 0.3) is 0 Å². The molecule has 1 aromatic heterocycles. The predicted octanol–water partition coefficient (Wildman–Crippen LogP) is 4.61. The van der Waals surface area contributed by atoms with Crippen LogP contribution in [0.5, 0.6) is 5.75 Å². The summed E-state index contributed by atoms with van der Waals surface area (Å²) < 4.78 is 38.0. The summed E-state index contributed by atoms with van der Waals surface area (Å²) in [6, 6.07) is 7.91. The number of hydrogen-bond acceptors (Lipinski definition) is 2. The molecule has 3 aromatic rings. The molecule has 0 saturated carbocycles. The number of imidazole rings is 1. The number of hydrogen-bond donors (Lipinski definition) is 2. The molecule has 0 saturated heterocycles. The molecule has 0 atom stereocenters. The van der Waals surface area contributed by atoms with Gasteiger partial charge in [0, 0.05) is 0 Å². The Morgan fingerprint density at radius 1 is 1.14 bits per heavy atom. The summed E-state index contributed by atoms with van der Waals surface area (Å²) in [4.78, 5) is 6.93. The number of nitrogens with zero attached hydrogens (tertiary/aromatic N) is 1. The van der Waals surface area contributed by atoms with Gasteiger partial charge < -0.3 is 10.1 Å². The molecule has 1 heterocycles. The fraction of sp³-hybridized carbons (Fsp3) is 0.0714. The second kappa shape index (κ2) is 4.66. The summed E-state index contributed by atoms with van der Waals surface area (Å²) in [6.45, 7) is 0. The maximum atomic E-state index is 12.7. The minimum atomic E-state index is -4.42. The Hall–Kier alpha value is -2.21. The van der Waals surface area contributed by atoms with E-state index in [0.717, 1.165) is 12.1 Å². The van der Waals surface area contributed by atoms with Gasteiger partial charge in [0.2, 0.25) is 0 Å². The maximum Gasteiger partial charge on any atom is 0.416 e. The summed E-state index contributed by atoms with van der Waals surface area (Å²) >= 11 is 5.81. The highest BCUT2D eigenvalue weighted by Crippen LogP contribution is 2.35. The molecule has 21 heavy (non-hydrogen) atoms. The average Bonchev–Trinajstić information content (AvgIpc) is 2.83. The zero-order chi connectivity index (χ0) is 15.2. The van der Waals surface area contributed by atoms with Crippen molar-refractivity contribution in [3.63, 3.8) is 0 Å². The second-order valence-corrected chi connectivity index (χ2v) is 4.86. The topological polar surface area (TPSA) is 48.9 Å². The summed E-state index contributed by atoms with van der Waals surface area (Å²) in [5.74, 6) is 0.0820. The van der Waals surface area contributed by atoms with E-state index < -0.39 is 11.7 Å². The number of aromatic hydroxyl groups is 1. The molecule has 0 bridgehead atoms. The van der Waals surface area contributed by atoms with Crippen LogP contribution in [0.15, 0.2) is 36.4 Å². The first-order valence-electron chi connectivity index (χ1n) is 5.91. The Bertz CT molecular complexity index is 827. The monoisotopic (exact) mass is 312 g/mol. The first kappa shape index (κ1) is 13.8. The van der Waals surface area contributed by atoms with E-state index in [0.29, 0.717) is 11.1 Å². The van der Waals surface area contributed by atoms with E-state index in [9.17, 15) is 18.3 Å². The van der Waals surface area contributed by atoms with Gasteiger partial charge in [-0.3, -0.25) is 0 Å². The number of fused-ring (bicyclic) bond motifs is 1. The van der Waals surface area contributed by atoms with E-state index in [2.05, 4.69) is 9.97 Å². The van der Waals surface area contributed by atoms with Gasteiger partial charge in [-0.15, -0.1) is 0 Å². The van der Waals surface area contributed by atoms with Crippen molar-refractivity contribution < 1.29 is 18.3 Å². The quantitative estimate of drug-likeness (QED) is 0.689. The van der Waals surface area contributed by atoms with Crippen molar-refractivity contribution in [2.75, 3.05) is 0 Å². The average molecular weight is 313 g/mol. The van der Waals surface area contributed by atoms with Gasteiger partial charge >= 0.3 is 6.18 Å². The second-order valence-electron chi connectivity index (χ2n) is 4.45. The molecule has 2 N–H and O–H groups in total. The van der Waals surface area contributed by atoms with Crippen LogP contribution in [0.25, 0.3) is 22.4 Å². The van der Waals surface area contributed by atoms with Gasteiger partial charge in [-0.25, -0.2) is 4.98 Å². The summed E-state index contributed by atoms with van der Waals surface area (Å²) in [5.41, 5.74) is 0.171. The highest BCUT2D eigenvalue weighted by Gasteiger charge is 2.30. The SMILES string of the molecule is Oc1c(Cl)cccc1-c1nc2ccc(C(F)(F)F)cc2[nH]1. The first-order valence-corrected chi connectivity index (χ1v) is 6.29. The fourth-order valence-electron chi connectivity index (χ4n) is 2.02. The van der Waals surface area contributed by atoms with E-state index >= 15 is 0 Å². The molecule has 108 valence electrons. The predicted molar refractivity (Wildman–Crippen MR) is 73.2 cm³/mol. The molecule has 0 unspecified atom stereocenters. The standard InChI is InChI=1S/C14H8ClF3N2O/c15-9-3-1-2-8(12(9)21)13-19-10-5-4-7(14(16,17)18)6-11(10)20-13/h1-6,21H,(H,19,20). The summed E-state index contributed by atoms with van der Waals surface area (Å²) in [6.07, 6.45) is -4.42. The van der Waals surface area contributed by atoms with Crippen LogP contribution in [-0.4, -0.2) is 15.1 Å². The number of rotatable bonds is 1. The molecule has 3 nitrogen and oxygen atoms in total. The molecule has 0 aliphatic carbocycles. The lowest BCUT2D eigenvalue weighted by molar-refractivity contribution is -0.137. The van der Waals surface area contributed by atoms with Crippen LogP contribution >= 0.6 is 11.6 Å². The number of phenols is 1. The molecule has 2 aromatic carbocycles. The van der Waals surface area contributed by atoms with Crippen molar-refractivity contribution in [1.29, 1.82) is 0 Å². The van der Waals surface area contributed by atoms with Gasteiger partial charge in [0.1, 0.15) is 11.6 Å². The molecule has 0 spiro atoms. The largest absolute Gasteiger partial charge is 0.506 e. The lowest BCUT2D eigenvalue weighted by Gasteiger charge is -2.05. The Morgan fingerprint density at radius 3 is 2.62 bits per heavy atom. The maximum absolute atomic E-state index is 12.7. The van der Waals surface area contributed by atoms with Gasteiger partial charge in [-0.2, -0.15) is 13.2 Å². The molecule has 7 heteroatoms. The Morgan fingerprint density at radius 2 is 1.90 bits per heavy atom. The van der Waals surface area contributed by atoms with Gasteiger partial charge in [-0.05, 0) is 30.3 Å². The summed E-state index contributed by atoms with van der Waals surface area (Å²) in [7, 11) is 0. The Labute approximate surface area is 122 Å². The number of para-hydroxylation sites is 1. The Balaban J connectivity index is 2.15. The third-order valence-corrected chi connectivity index (χ3v) is 3.36. The number of phenolic OH excluding ortho intramolecular Hbond substituents is 1.